The molecule has 2 N–H and O–H groups in total. The Morgan fingerprint density at radius 1 is 1.32 bits per heavy atom. The monoisotopic (exact) mass is 423 g/mol. The lowest BCUT2D eigenvalue weighted by molar-refractivity contribution is -0.130. The predicted molar refractivity (Wildman–Crippen MR) is 104 cm³/mol. The molecule has 1 atom stereocenters. The van der Waals surface area contributed by atoms with Crippen LogP contribution in [0.5, 0.6) is 0 Å². The van der Waals surface area contributed by atoms with Crippen LogP contribution in [0.4, 0.5) is 5.13 Å². The first-order valence-corrected chi connectivity index (χ1v) is 11.0. The summed E-state index contributed by atoms with van der Waals surface area (Å²) in [5.41, 5.74) is 0. The summed E-state index contributed by atoms with van der Waals surface area (Å²) in [5, 5.41) is 14.2. The van der Waals surface area contributed by atoms with Gasteiger partial charge < -0.3 is 10.6 Å². The van der Waals surface area contributed by atoms with Gasteiger partial charge >= 0.3 is 0 Å². The van der Waals surface area contributed by atoms with Crippen LogP contribution in [0.3, 0.4) is 0 Å². The summed E-state index contributed by atoms with van der Waals surface area (Å²) in [7, 11) is -3.90. The van der Waals surface area contributed by atoms with Gasteiger partial charge in [-0.25, -0.2) is 8.42 Å². The van der Waals surface area contributed by atoms with Crippen LogP contribution in [-0.4, -0.2) is 53.9 Å². The maximum atomic E-state index is 13.0. The summed E-state index contributed by atoms with van der Waals surface area (Å²) in [6, 6.07) is 6.74. The molecule has 0 saturated carbocycles. The number of benzene rings is 1. The highest BCUT2D eigenvalue weighted by molar-refractivity contribution is 7.89. The number of sulfonamides is 1. The molecular formula is C17H21N5O4S2. The Kier molecular flexibility index (Phi) is 6.06. The van der Waals surface area contributed by atoms with Gasteiger partial charge in [0.15, 0.2) is 0 Å². The molecule has 28 heavy (non-hydrogen) atoms. The minimum Gasteiger partial charge on any atom is -0.353 e. The Bertz CT molecular complexity index is 959. The van der Waals surface area contributed by atoms with Crippen LogP contribution < -0.4 is 10.6 Å². The molecule has 0 aliphatic carbocycles. The zero-order chi connectivity index (χ0) is 20.3. The largest absolute Gasteiger partial charge is 0.353 e. The summed E-state index contributed by atoms with van der Waals surface area (Å²) in [6.45, 7) is 4.21. The summed E-state index contributed by atoms with van der Waals surface area (Å²) in [4.78, 5) is 24.9. The Balaban J connectivity index is 1.77. The van der Waals surface area contributed by atoms with E-state index in [1.54, 1.807) is 18.2 Å². The fraction of sp³-hybridized carbons (Fsp3) is 0.412. The Morgan fingerprint density at radius 3 is 2.68 bits per heavy atom. The van der Waals surface area contributed by atoms with Crippen molar-refractivity contribution in [1.29, 1.82) is 0 Å². The number of hydrogen-bond donors (Lipinski definition) is 2. The molecule has 1 unspecified atom stereocenters. The number of nitrogens with one attached hydrogen (secondary N) is 2. The smallest absolute Gasteiger partial charge is 0.243 e. The first-order chi connectivity index (χ1) is 13.3. The molecule has 1 fully saturated rings. The highest BCUT2D eigenvalue weighted by atomic mass is 32.2. The molecule has 1 aliphatic rings. The van der Waals surface area contributed by atoms with Gasteiger partial charge in [-0.05, 0) is 12.1 Å². The molecule has 0 bridgehead atoms. The van der Waals surface area contributed by atoms with E-state index in [-0.39, 0.29) is 30.3 Å². The molecular weight excluding hydrogens is 402 g/mol. The van der Waals surface area contributed by atoms with Crippen molar-refractivity contribution in [3.8, 4) is 0 Å². The van der Waals surface area contributed by atoms with Crippen LogP contribution in [0.2, 0.25) is 0 Å². The Labute approximate surface area is 167 Å². The lowest BCUT2D eigenvalue weighted by atomic mass is 10.1. The number of rotatable bonds is 6. The minimum atomic E-state index is -3.90. The molecule has 9 nitrogen and oxygen atoms in total. The first kappa shape index (κ1) is 20.4. The van der Waals surface area contributed by atoms with E-state index in [2.05, 4.69) is 20.8 Å². The zero-order valence-electron chi connectivity index (χ0n) is 15.5. The van der Waals surface area contributed by atoms with Crippen molar-refractivity contribution in [2.45, 2.75) is 37.1 Å². The Morgan fingerprint density at radius 2 is 2.04 bits per heavy atom. The van der Waals surface area contributed by atoms with Gasteiger partial charge in [-0.15, -0.1) is 10.2 Å². The molecule has 1 aromatic carbocycles. The summed E-state index contributed by atoms with van der Waals surface area (Å²) < 4.78 is 27.0. The van der Waals surface area contributed by atoms with E-state index in [0.29, 0.717) is 5.13 Å². The number of aromatic nitrogens is 2. The lowest BCUT2D eigenvalue weighted by Gasteiger charge is -2.33. The molecule has 1 aromatic heterocycles. The average Bonchev–Trinajstić information content (AvgIpc) is 3.12. The second-order valence-electron chi connectivity index (χ2n) is 6.59. The van der Waals surface area contributed by atoms with Gasteiger partial charge in [0.2, 0.25) is 27.0 Å². The van der Waals surface area contributed by atoms with Crippen LogP contribution in [0, 0.1) is 0 Å². The van der Waals surface area contributed by atoms with E-state index >= 15 is 0 Å². The van der Waals surface area contributed by atoms with E-state index < -0.39 is 27.9 Å². The number of hydrogen-bond acceptors (Lipinski definition) is 7. The number of anilines is 1. The zero-order valence-corrected chi connectivity index (χ0v) is 17.1. The lowest BCUT2D eigenvalue weighted by Crippen LogP contribution is -2.57. The fourth-order valence-corrected chi connectivity index (χ4v) is 5.14. The maximum Gasteiger partial charge on any atom is 0.243 e. The third kappa shape index (κ3) is 4.37. The van der Waals surface area contributed by atoms with Crippen LogP contribution in [0.15, 0.2) is 35.2 Å². The van der Waals surface area contributed by atoms with Crippen molar-refractivity contribution >= 4 is 38.3 Å². The third-order valence-corrected chi connectivity index (χ3v) is 7.25. The van der Waals surface area contributed by atoms with Crippen LogP contribution in [0.25, 0.3) is 0 Å². The van der Waals surface area contributed by atoms with Crippen LogP contribution in [0.1, 0.15) is 31.2 Å². The minimum absolute atomic E-state index is 0.0841. The van der Waals surface area contributed by atoms with Crippen molar-refractivity contribution in [3.63, 3.8) is 0 Å². The second-order valence-corrected chi connectivity index (χ2v) is 9.49. The summed E-state index contributed by atoms with van der Waals surface area (Å²) in [5.74, 6) is -0.818. The molecule has 3 rings (SSSR count). The van der Waals surface area contributed by atoms with Crippen molar-refractivity contribution in [3.05, 3.63) is 35.3 Å². The number of carbonyl (C=O) groups excluding carboxylic acids is 2. The third-order valence-electron chi connectivity index (χ3n) is 4.19. The Hall–Kier alpha value is -2.37. The van der Waals surface area contributed by atoms with Crippen molar-refractivity contribution in [2.75, 3.05) is 18.4 Å². The first-order valence-electron chi connectivity index (χ1n) is 8.77. The molecule has 1 aliphatic heterocycles. The standard InChI is InChI=1S/C17H21N5O4S2/c1-11(2)16-20-21-17(27-16)19-14(23)10-13-15(24)18-8-9-22(13)28(25,26)12-6-4-3-5-7-12/h3-7,11,13H,8-10H2,1-2H3,(H,18,24)(H,19,21,23). The van der Waals surface area contributed by atoms with Gasteiger partial charge in [0, 0.05) is 19.0 Å². The van der Waals surface area contributed by atoms with Gasteiger partial charge in [-0.1, -0.05) is 43.4 Å². The van der Waals surface area contributed by atoms with E-state index in [4.69, 9.17) is 0 Å². The van der Waals surface area contributed by atoms with Crippen LogP contribution >= 0.6 is 11.3 Å². The molecule has 11 heteroatoms. The highest BCUT2D eigenvalue weighted by Gasteiger charge is 2.39. The molecule has 0 spiro atoms. The average molecular weight is 424 g/mol. The van der Waals surface area contributed by atoms with Gasteiger partial charge in [0.25, 0.3) is 0 Å². The highest BCUT2D eigenvalue weighted by Crippen LogP contribution is 2.24. The molecule has 2 heterocycles. The van der Waals surface area contributed by atoms with E-state index in [0.717, 1.165) is 9.31 Å². The number of nitrogens with zero attached hydrogens (tertiary/aromatic N) is 3. The second kappa shape index (κ2) is 8.33. The number of amides is 2. The summed E-state index contributed by atoms with van der Waals surface area (Å²) in [6.07, 6.45) is -0.311. The van der Waals surface area contributed by atoms with Gasteiger partial charge in [-0.2, -0.15) is 4.31 Å². The van der Waals surface area contributed by atoms with E-state index in [1.807, 2.05) is 13.8 Å². The molecule has 1 saturated heterocycles. The van der Waals surface area contributed by atoms with Crippen molar-refractivity contribution < 1.29 is 18.0 Å². The van der Waals surface area contributed by atoms with E-state index in [1.165, 1.54) is 23.5 Å². The molecule has 2 aromatic rings. The quantitative estimate of drug-likeness (QED) is 0.720. The van der Waals surface area contributed by atoms with Crippen LogP contribution in [-0.2, 0) is 19.6 Å². The van der Waals surface area contributed by atoms with Crippen molar-refractivity contribution in [1.82, 2.24) is 19.8 Å². The number of carbonyl (C=O) groups is 2. The maximum absolute atomic E-state index is 13.0. The normalized spacial score (nSPS) is 18.1. The number of piperazine rings is 1. The van der Waals surface area contributed by atoms with Crippen molar-refractivity contribution in [2.24, 2.45) is 0 Å². The molecule has 150 valence electrons. The molecule has 2 amide bonds. The SMILES string of the molecule is CC(C)c1nnc(NC(=O)CC2C(=O)NCCN2S(=O)(=O)c2ccccc2)s1. The van der Waals surface area contributed by atoms with Gasteiger partial charge in [0.1, 0.15) is 11.0 Å². The van der Waals surface area contributed by atoms with Gasteiger partial charge in [-0.3, -0.25) is 9.59 Å². The predicted octanol–water partition coefficient (Wildman–Crippen LogP) is 1.18. The fourth-order valence-electron chi connectivity index (χ4n) is 2.77. The van der Waals surface area contributed by atoms with E-state index in [9.17, 15) is 18.0 Å². The molecule has 0 radical (unpaired) electrons. The van der Waals surface area contributed by atoms with Gasteiger partial charge in [0.05, 0.1) is 11.3 Å². The summed E-state index contributed by atoms with van der Waals surface area (Å²) >= 11 is 1.25. The topological polar surface area (TPSA) is 121 Å².